The van der Waals surface area contributed by atoms with Gasteiger partial charge < -0.3 is 9.64 Å². The summed E-state index contributed by atoms with van der Waals surface area (Å²) in [6.07, 6.45) is 9.78. The molecule has 0 radical (unpaired) electrons. The highest BCUT2D eigenvalue weighted by Crippen LogP contribution is 2.25. The van der Waals surface area contributed by atoms with Crippen LogP contribution in [0.4, 0.5) is 5.95 Å². The minimum atomic E-state index is 0.440. The Morgan fingerprint density at radius 2 is 1.48 bits per heavy atom. The summed E-state index contributed by atoms with van der Waals surface area (Å²) in [5, 5.41) is 0. The van der Waals surface area contributed by atoms with Gasteiger partial charge >= 0.3 is 0 Å². The molecule has 1 aromatic rings. The molecule has 1 aromatic heterocycles. The fourth-order valence-corrected chi connectivity index (χ4v) is 3.51. The molecular formula is C17H27N3O. The van der Waals surface area contributed by atoms with Gasteiger partial charge in [-0.05, 0) is 45.6 Å². The fraction of sp³-hybridized carbons (Fsp3) is 0.765. The molecule has 0 atom stereocenters. The Morgan fingerprint density at radius 3 is 2.10 bits per heavy atom. The molecule has 1 saturated heterocycles. The number of rotatable bonds is 3. The van der Waals surface area contributed by atoms with Crippen LogP contribution in [0.1, 0.15) is 56.3 Å². The Hall–Kier alpha value is -1.16. The molecule has 1 saturated carbocycles. The van der Waals surface area contributed by atoms with Crippen molar-refractivity contribution in [2.75, 3.05) is 18.0 Å². The van der Waals surface area contributed by atoms with E-state index < -0.39 is 0 Å². The van der Waals surface area contributed by atoms with Crippen LogP contribution in [0.2, 0.25) is 0 Å². The maximum absolute atomic E-state index is 6.30. The van der Waals surface area contributed by atoms with Crippen LogP contribution in [0.15, 0.2) is 6.07 Å². The number of aromatic nitrogens is 2. The quantitative estimate of drug-likeness (QED) is 0.854. The van der Waals surface area contributed by atoms with E-state index in [0.29, 0.717) is 12.2 Å². The molecule has 0 N–H and O–H groups in total. The molecule has 116 valence electrons. The van der Waals surface area contributed by atoms with Gasteiger partial charge in [-0.25, -0.2) is 9.97 Å². The molecule has 1 aliphatic carbocycles. The standard InChI is InChI=1S/C17H27N3O/c1-13-12-14(2)19-17(18-13)20-10-8-16(9-11-20)21-15-6-4-3-5-7-15/h12,15-16H,3-11H2,1-2H3. The normalized spacial score (nSPS) is 21.7. The Balaban J connectivity index is 1.52. The van der Waals surface area contributed by atoms with Crippen molar-refractivity contribution in [2.24, 2.45) is 0 Å². The minimum absolute atomic E-state index is 0.440. The number of anilines is 1. The summed E-state index contributed by atoms with van der Waals surface area (Å²) in [6.45, 7) is 6.11. The molecule has 4 nitrogen and oxygen atoms in total. The lowest BCUT2D eigenvalue weighted by atomic mass is 9.97. The van der Waals surface area contributed by atoms with Crippen molar-refractivity contribution in [1.29, 1.82) is 0 Å². The van der Waals surface area contributed by atoms with Crippen LogP contribution < -0.4 is 4.90 Å². The number of hydrogen-bond donors (Lipinski definition) is 0. The summed E-state index contributed by atoms with van der Waals surface area (Å²) in [7, 11) is 0. The molecule has 2 fully saturated rings. The van der Waals surface area contributed by atoms with E-state index in [2.05, 4.69) is 14.9 Å². The van der Waals surface area contributed by atoms with Crippen molar-refractivity contribution in [1.82, 2.24) is 9.97 Å². The van der Waals surface area contributed by atoms with E-state index in [-0.39, 0.29) is 0 Å². The van der Waals surface area contributed by atoms with Crippen LogP contribution in [0, 0.1) is 13.8 Å². The van der Waals surface area contributed by atoms with E-state index in [0.717, 1.165) is 43.3 Å². The zero-order valence-electron chi connectivity index (χ0n) is 13.3. The highest BCUT2D eigenvalue weighted by Gasteiger charge is 2.25. The van der Waals surface area contributed by atoms with Crippen molar-refractivity contribution in [2.45, 2.75) is 71.0 Å². The van der Waals surface area contributed by atoms with Crippen LogP contribution >= 0.6 is 0 Å². The minimum Gasteiger partial charge on any atom is -0.375 e. The molecule has 3 rings (SSSR count). The van der Waals surface area contributed by atoms with Crippen molar-refractivity contribution < 1.29 is 4.74 Å². The van der Waals surface area contributed by atoms with Gasteiger partial charge in [-0.3, -0.25) is 0 Å². The van der Waals surface area contributed by atoms with E-state index in [1.54, 1.807) is 0 Å². The largest absolute Gasteiger partial charge is 0.375 e. The number of aryl methyl sites for hydroxylation is 2. The molecule has 0 unspecified atom stereocenters. The first-order chi connectivity index (χ1) is 10.2. The average molecular weight is 289 g/mol. The summed E-state index contributed by atoms with van der Waals surface area (Å²) in [5.74, 6) is 0.892. The molecule has 2 aliphatic rings. The number of piperidine rings is 1. The second-order valence-corrected chi connectivity index (χ2v) is 6.53. The highest BCUT2D eigenvalue weighted by atomic mass is 16.5. The second kappa shape index (κ2) is 6.73. The monoisotopic (exact) mass is 289 g/mol. The van der Waals surface area contributed by atoms with Gasteiger partial charge in [0.05, 0.1) is 12.2 Å². The molecule has 21 heavy (non-hydrogen) atoms. The summed E-state index contributed by atoms with van der Waals surface area (Å²) in [6, 6.07) is 2.03. The van der Waals surface area contributed by atoms with Crippen molar-refractivity contribution in [3.05, 3.63) is 17.5 Å². The van der Waals surface area contributed by atoms with Crippen LogP contribution in [0.5, 0.6) is 0 Å². The summed E-state index contributed by atoms with van der Waals surface area (Å²) < 4.78 is 6.30. The van der Waals surface area contributed by atoms with Gasteiger partial charge in [0.1, 0.15) is 0 Å². The molecule has 0 spiro atoms. The van der Waals surface area contributed by atoms with Crippen LogP contribution in [0.3, 0.4) is 0 Å². The first-order valence-electron chi connectivity index (χ1n) is 8.43. The lowest BCUT2D eigenvalue weighted by molar-refractivity contribution is -0.0396. The number of ether oxygens (including phenoxy) is 1. The SMILES string of the molecule is Cc1cc(C)nc(N2CCC(OC3CCCCC3)CC2)n1. The van der Waals surface area contributed by atoms with Crippen LogP contribution in [-0.2, 0) is 4.74 Å². The summed E-state index contributed by atoms with van der Waals surface area (Å²) in [5.41, 5.74) is 2.11. The van der Waals surface area contributed by atoms with Gasteiger partial charge in [-0.1, -0.05) is 19.3 Å². The molecule has 4 heteroatoms. The number of hydrogen-bond acceptors (Lipinski definition) is 4. The summed E-state index contributed by atoms with van der Waals surface area (Å²) >= 11 is 0. The van der Waals surface area contributed by atoms with E-state index >= 15 is 0 Å². The van der Waals surface area contributed by atoms with E-state index in [9.17, 15) is 0 Å². The third-order valence-corrected chi connectivity index (χ3v) is 4.63. The lowest BCUT2D eigenvalue weighted by Crippen LogP contribution is -2.39. The molecule has 0 amide bonds. The maximum atomic E-state index is 6.30. The van der Waals surface area contributed by atoms with Gasteiger partial charge in [-0.15, -0.1) is 0 Å². The van der Waals surface area contributed by atoms with Gasteiger partial charge in [0.15, 0.2) is 0 Å². The average Bonchev–Trinajstić information content (AvgIpc) is 2.48. The third-order valence-electron chi connectivity index (χ3n) is 4.63. The molecule has 2 heterocycles. The molecule has 0 aromatic carbocycles. The Bertz CT molecular complexity index is 443. The Morgan fingerprint density at radius 1 is 0.905 bits per heavy atom. The van der Waals surface area contributed by atoms with Crippen molar-refractivity contribution >= 4 is 5.95 Å². The third kappa shape index (κ3) is 3.94. The second-order valence-electron chi connectivity index (χ2n) is 6.53. The van der Waals surface area contributed by atoms with Crippen molar-refractivity contribution in [3.63, 3.8) is 0 Å². The molecule has 1 aliphatic heterocycles. The maximum Gasteiger partial charge on any atom is 0.225 e. The van der Waals surface area contributed by atoms with Gasteiger partial charge in [0.2, 0.25) is 5.95 Å². The Labute approximate surface area is 127 Å². The predicted octanol–water partition coefficient (Wildman–Crippen LogP) is 3.41. The summed E-state index contributed by atoms with van der Waals surface area (Å²) in [4.78, 5) is 11.5. The van der Waals surface area contributed by atoms with E-state index in [1.807, 2.05) is 19.9 Å². The van der Waals surface area contributed by atoms with Crippen molar-refractivity contribution in [3.8, 4) is 0 Å². The van der Waals surface area contributed by atoms with Gasteiger partial charge in [0, 0.05) is 24.5 Å². The topological polar surface area (TPSA) is 38.2 Å². The fourth-order valence-electron chi connectivity index (χ4n) is 3.51. The van der Waals surface area contributed by atoms with E-state index in [1.165, 1.54) is 32.1 Å². The van der Waals surface area contributed by atoms with Gasteiger partial charge in [0.25, 0.3) is 0 Å². The molecular weight excluding hydrogens is 262 g/mol. The highest BCUT2D eigenvalue weighted by molar-refractivity contribution is 5.32. The predicted molar refractivity (Wildman–Crippen MR) is 84.7 cm³/mol. The first-order valence-corrected chi connectivity index (χ1v) is 8.43. The molecule has 0 bridgehead atoms. The smallest absolute Gasteiger partial charge is 0.225 e. The zero-order chi connectivity index (χ0) is 14.7. The van der Waals surface area contributed by atoms with Crippen LogP contribution in [-0.4, -0.2) is 35.3 Å². The lowest BCUT2D eigenvalue weighted by Gasteiger charge is -2.35. The Kier molecular flexibility index (Phi) is 4.73. The van der Waals surface area contributed by atoms with Gasteiger partial charge in [-0.2, -0.15) is 0 Å². The number of nitrogens with zero attached hydrogens (tertiary/aromatic N) is 3. The van der Waals surface area contributed by atoms with E-state index in [4.69, 9.17) is 4.74 Å². The zero-order valence-corrected chi connectivity index (χ0v) is 13.3. The van der Waals surface area contributed by atoms with Crippen LogP contribution in [0.25, 0.3) is 0 Å². The first kappa shape index (κ1) is 14.8.